The third-order valence-electron chi connectivity index (χ3n) is 3.89. The summed E-state index contributed by atoms with van der Waals surface area (Å²) in [5.41, 5.74) is 1.51. The predicted octanol–water partition coefficient (Wildman–Crippen LogP) is 3.64. The van der Waals surface area contributed by atoms with Crippen molar-refractivity contribution in [2.45, 2.75) is 33.2 Å². The normalized spacial score (nSPS) is 11.3. The highest BCUT2D eigenvalue weighted by Gasteiger charge is 2.21. The van der Waals surface area contributed by atoms with Crippen LogP contribution >= 0.6 is 11.3 Å². The molecule has 3 rings (SSSR count). The third kappa shape index (κ3) is 2.73. The average Bonchev–Trinajstić information content (AvgIpc) is 2.86. The van der Waals surface area contributed by atoms with Crippen molar-refractivity contribution in [2.75, 3.05) is 0 Å². The Bertz CT molecular complexity index is 971. The third-order valence-corrected chi connectivity index (χ3v) is 4.89. The molecule has 2 heterocycles. The van der Waals surface area contributed by atoms with Gasteiger partial charge in [0.15, 0.2) is 0 Å². The molecule has 124 valence electrons. The molecule has 0 bridgehead atoms. The van der Waals surface area contributed by atoms with E-state index in [1.54, 1.807) is 0 Å². The minimum absolute atomic E-state index is 0.0379. The lowest BCUT2D eigenvalue weighted by Gasteiger charge is -2.13. The molecule has 0 unspecified atom stereocenters. The summed E-state index contributed by atoms with van der Waals surface area (Å²) in [6.07, 6.45) is 0. The van der Waals surface area contributed by atoms with Crippen LogP contribution < -0.4 is 5.56 Å². The number of carboxylic acids is 1. The quantitative estimate of drug-likeness (QED) is 0.786. The second-order valence-electron chi connectivity index (χ2n) is 5.99. The molecule has 1 N–H and O–H groups in total. The molecule has 0 saturated heterocycles. The molecule has 24 heavy (non-hydrogen) atoms. The first-order chi connectivity index (χ1) is 11.4. The van der Waals surface area contributed by atoms with E-state index < -0.39 is 5.97 Å². The van der Waals surface area contributed by atoms with Gasteiger partial charge in [-0.15, -0.1) is 11.3 Å². The van der Waals surface area contributed by atoms with Crippen LogP contribution in [0.5, 0.6) is 0 Å². The van der Waals surface area contributed by atoms with Crippen molar-refractivity contribution < 1.29 is 9.90 Å². The zero-order valence-corrected chi connectivity index (χ0v) is 14.6. The van der Waals surface area contributed by atoms with Crippen molar-refractivity contribution in [3.05, 3.63) is 51.4 Å². The van der Waals surface area contributed by atoms with Gasteiger partial charge in [-0.3, -0.25) is 14.2 Å². The molecule has 0 amide bonds. The van der Waals surface area contributed by atoms with E-state index >= 15 is 0 Å². The lowest BCUT2D eigenvalue weighted by Crippen LogP contribution is -2.29. The van der Waals surface area contributed by atoms with E-state index in [1.807, 2.05) is 51.1 Å². The molecule has 0 aliphatic heterocycles. The molecule has 0 fully saturated rings. The summed E-state index contributed by atoms with van der Waals surface area (Å²) < 4.78 is 1.29. The first-order valence-electron chi connectivity index (χ1n) is 7.71. The largest absolute Gasteiger partial charge is 0.480 e. The van der Waals surface area contributed by atoms with Crippen LogP contribution in [0.2, 0.25) is 0 Å². The topological polar surface area (TPSA) is 72.2 Å². The van der Waals surface area contributed by atoms with Crippen LogP contribution in [0.4, 0.5) is 0 Å². The van der Waals surface area contributed by atoms with Gasteiger partial charge in [-0.05, 0) is 12.5 Å². The fraction of sp³-hybridized carbons (Fsp3) is 0.278. The van der Waals surface area contributed by atoms with E-state index in [9.17, 15) is 14.7 Å². The van der Waals surface area contributed by atoms with Gasteiger partial charge in [-0.1, -0.05) is 44.2 Å². The van der Waals surface area contributed by atoms with Crippen molar-refractivity contribution >= 4 is 27.5 Å². The molecule has 5 nitrogen and oxygen atoms in total. The lowest BCUT2D eigenvalue weighted by molar-refractivity contribution is -0.137. The van der Waals surface area contributed by atoms with Crippen LogP contribution in [0.25, 0.3) is 21.3 Å². The number of carboxylic acid groups (broad SMARTS) is 1. The van der Waals surface area contributed by atoms with Crippen molar-refractivity contribution in [1.29, 1.82) is 0 Å². The highest BCUT2D eigenvalue weighted by Crippen LogP contribution is 2.36. The number of carbonyl (C=O) groups is 1. The minimum Gasteiger partial charge on any atom is -0.480 e. The van der Waals surface area contributed by atoms with Crippen molar-refractivity contribution in [1.82, 2.24) is 9.55 Å². The van der Waals surface area contributed by atoms with E-state index in [2.05, 4.69) is 4.98 Å². The Morgan fingerprint density at radius 2 is 1.96 bits per heavy atom. The number of rotatable bonds is 4. The van der Waals surface area contributed by atoms with Gasteiger partial charge in [-0.2, -0.15) is 0 Å². The summed E-state index contributed by atoms with van der Waals surface area (Å²) in [6, 6.07) is 9.66. The number of aryl methyl sites for hydroxylation is 1. The van der Waals surface area contributed by atoms with Crippen LogP contribution in [-0.4, -0.2) is 20.6 Å². The van der Waals surface area contributed by atoms with Gasteiger partial charge in [0, 0.05) is 16.4 Å². The summed E-state index contributed by atoms with van der Waals surface area (Å²) in [7, 11) is 0. The molecule has 0 spiro atoms. The second-order valence-corrected chi connectivity index (χ2v) is 7.19. The van der Waals surface area contributed by atoms with Crippen LogP contribution in [0.3, 0.4) is 0 Å². The molecular weight excluding hydrogens is 324 g/mol. The zero-order valence-electron chi connectivity index (χ0n) is 13.7. The number of nitrogens with zero attached hydrogens (tertiary/aromatic N) is 2. The molecule has 0 radical (unpaired) electrons. The van der Waals surface area contributed by atoms with Gasteiger partial charge in [0.1, 0.15) is 17.2 Å². The number of benzene rings is 1. The number of hydrogen-bond donors (Lipinski definition) is 1. The van der Waals surface area contributed by atoms with Crippen LogP contribution in [0.1, 0.15) is 30.5 Å². The average molecular weight is 342 g/mol. The minimum atomic E-state index is -1.05. The Balaban J connectivity index is 2.39. The molecule has 2 aromatic heterocycles. The summed E-state index contributed by atoms with van der Waals surface area (Å²) in [4.78, 5) is 30.6. The highest BCUT2D eigenvalue weighted by atomic mass is 32.1. The molecule has 6 heteroatoms. The first kappa shape index (κ1) is 16.4. The second kappa shape index (κ2) is 6.20. The Morgan fingerprint density at radius 1 is 1.29 bits per heavy atom. The zero-order chi connectivity index (χ0) is 17.4. The summed E-state index contributed by atoms with van der Waals surface area (Å²) >= 11 is 1.48. The first-order valence-corrected chi connectivity index (χ1v) is 8.52. The van der Waals surface area contributed by atoms with E-state index in [0.29, 0.717) is 16.0 Å². The Labute approximate surface area is 143 Å². The molecule has 1 aromatic carbocycles. The molecule has 3 aromatic rings. The highest BCUT2D eigenvalue weighted by molar-refractivity contribution is 7.19. The predicted molar refractivity (Wildman–Crippen MR) is 95.8 cm³/mol. The van der Waals surface area contributed by atoms with Gasteiger partial charge < -0.3 is 5.11 Å². The van der Waals surface area contributed by atoms with Gasteiger partial charge >= 0.3 is 5.97 Å². The molecule has 0 saturated carbocycles. The Kier molecular flexibility index (Phi) is 4.24. The number of fused-ring (bicyclic) bond motifs is 1. The van der Waals surface area contributed by atoms with Crippen molar-refractivity contribution in [3.8, 4) is 11.1 Å². The molecule has 0 aliphatic carbocycles. The van der Waals surface area contributed by atoms with Crippen LogP contribution in [-0.2, 0) is 11.3 Å². The maximum atomic E-state index is 13.1. The number of aliphatic carboxylic acids is 1. The van der Waals surface area contributed by atoms with E-state index in [0.717, 1.165) is 16.0 Å². The lowest BCUT2D eigenvalue weighted by atomic mass is 10.0. The standard InChI is InChI=1S/C18H18N2O3S/c1-10(2)16-19-17-15(18(23)20(16)9-13(21)22)14(11(3)24-17)12-7-5-4-6-8-12/h4-8,10H,9H2,1-3H3,(H,21,22). The van der Waals surface area contributed by atoms with Gasteiger partial charge in [0.25, 0.3) is 5.56 Å². The fourth-order valence-electron chi connectivity index (χ4n) is 2.89. The van der Waals surface area contributed by atoms with Crippen molar-refractivity contribution in [2.24, 2.45) is 0 Å². The summed E-state index contributed by atoms with van der Waals surface area (Å²) in [6.45, 7) is 5.40. The Morgan fingerprint density at radius 3 is 2.54 bits per heavy atom. The smallest absolute Gasteiger partial charge is 0.323 e. The van der Waals surface area contributed by atoms with E-state index in [4.69, 9.17) is 0 Å². The van der Waals surface area contributed by atoms with E-state index in [1.165, 1.54) is 15.9 Å². The fourth-order valence-corrected chi connectivity index (χ4v) is 3.93. The SMILES string of the molecule is Cc1sc2nc(C(C)C)n(CC(=O)O)c(=O)c2c1-c1ccccc1. The summed E-state index contributed by atoms with van der Waals surface area (Å²) in [5, 5.41) is 9.68. The van der Waals surface area contributed by atoms with E-state index in [-0.39, 0.29) is 18.0 Å². The molecule has 0 atom stereocenters. The number of hydrogen-bond acceptors (Lipinski definition) is 4. The maximum Gasteiger partial charge on any atom is 0.323 e. The van der Waals surface area contributed by atoms with Crippen LogP contribution in [0, 0.1) is 6.92 Å². The van der Waals surface area contributed by atoms with Gasteiger partial charge in [0.05, 0.1) is 5.39 Å². The van der Waals surface area contributed by atoms with Crippen LogP contribution in [0.15, 0.2) is 35.1 Å². The maximum absolute atomic E-state index is 13.1. The van der Waals surface area contributed by atoms with Gasteiger partial charge in [0.2, 0.25) is 0 Å². The van der Waals surface area contributed by atoms with Gasteiger partial charge in [-0.25, -0.2) is 4.98 Å². The number of aromatic nitrogens is 2. The monoisotopic (exact) mass is 342 g/mol. The summed E-state index contributed by atoms with van der Waals surface area (Å²) in [5.74, 6) is -0.576. The molecular formula is C18H18N2O3S. The molecule has 0 aliphatic rings. The number of thiophene rings is 1. The van der Waals surface area contributed by atoms with Crippen molar-refractivity contribution in [3.63, 3.8) is 0 Å². The Hall–Kier alpha value is -2.47.